The molecule has 2 aliphatic rings. The topological polar surface area (TPSA) is 75.7 Å². The van der Waals surface area contributed by atoms with Crippen LogP contribution in [0.15, 0.2) is 24.3 Å². The molecule has 1 fully saturated rings. The van der Waals surface area contributed by atoms with E-state index in [2.05, 4.69) is 5.32 Å². The number of rotatable bonds is 4. The molecule has 0 spiro atoms. The first-order valence-electron chi connectivity index (χ1n) is 6.17. The van der Waals surface area contributed by atoms with Crippen molar-refractivity contribution < 1.29 is 19.1 Å². The third-order valence-corrected chi connectivity index (χ3v) is 4.05. The Hall–Kier alpha value is -1.86. The zero-order chi connectivity index (χ0) is 14.1. The van der Waals surface area contributed by atoms with Crippen molar-refractivity contribution in [2.75, 3.05) is 18.8 Å². The fraction of sp³-hybridized carbons (Fsp3) is 0.308. The Labute approximate surface area is 119 Å². The average Bonchev–Trinajstić information content (AvgIpc) is 2.94. The molecular weight excluding hydrogens is 280 g/mol. The molecule has 0 saturated carbocycles. The van der Waals surface area contributed by atoms with Gasteiger partial charge in [-0.1, -0.05) is 30.0 Å². The number of thioether (sulfide) groups is 1. The van der Waals surface area contributed by atoms with E-state index in [0.29, 0.717) is 12.1 Å². The number of carbonyl (C=O) groups is 3. The first-order chi connectivity index (χ1) is 9.66. The van der Waals surface area contributed by atoms with Gasteiger partial charge in [-0.2, -0.15) is 0 Å². The predicted molar refractivity (Wildman–Crippen MR) is 72.2 cm³/mol. The highest BCUT2D eigenvalue weighted by Gasteiger charge is 2.32. The summed E-state index contributed by atoms with van der Waals surface area (Å²) in [5, 5.41) is 2.82. The Kier molecular flexibility index (Phi) is 3.45. The van der Waals surface area contributed by atoms with Crippen molar-refractivity contribution >= 4 is 28.9 Å². The first-order valence-corrected chi connectivity index (χ1v) is 7.16. The van der Waals surface area contributed by atoms with Crippen molar-refractivity contribution in [1.29, 1.82) is 0 Å². The van der Waals surface area contributed by atoms with E-state index < -0.39 is 6.23 Å². The van der Waals surface area contributed by atoms with Gasteiger partial charge in [-0.15, -0.1) is 0 Å². The minimum atomic E-state index is -0.515. The molecule has 1 aromatic carbocycles. The van der Waals surface area contributed by atoms with Crippen LogP contribution in [0.25, 0.3) is 0 Å². The van der Waals surface area contributed by atoms with Crippen molar-refractivity contribution in [3.63, 3.8) is 0 Å². The van der Waals surface area contributed by atoms with Gasteiger partial charge >= 0.3 is 5.97 Å². The van der Waals surface area contributed by atoms with Crippen LogP contribution in [0.2, 0.25) is 0 Å². The monoisotopic (exact) mass is 292 g/mol. The Morgan fingerprint density at radius 3 is 2.85 bits per heavy atom. The maximum Gasteiger partial charge on any atom is 0.340 e. The van der Waals surface area contributed by atoms with E-state index in [4.69, 9.17) is 4.74 Å². The number of esters is 1. The van der Waals surface area contributed by atoms with Crippen LogP contribution in [0.3, 0.4) is 0 Å². The number of fused-ring (bicyclic) bond motifs is 1. The van der Waals surface area contributed by atoms with Crippen LogP contribution in [-0.4, -0.2) is 40.9 Å². The largest absolute Gasteiger partial charge is 0.439 e. The van der Waals surface area contributed by atoms with Gasteiger partial charge in [0.2, 0.25) is 5.91 Å². The number of imide groups is 1. The number of hydrogen-bond donors (Lipinski definition) is 1. The lowest BCUT2D eigenvalue weighted by Gasteiger charge is -2.16. The van der Waals surface area contributed by atoms with Crippen LogP contribution in [0.4, 0.5) is 4.79 Å². The van der Waals surface area contributed by atoms with Crippen molar-refractivity contribution in [3.8, 4) is 0 Å². The highest BCUT2D eigenvalue weighted by Crippen LogP contribution is 2.28. The SMILES string of the molecule is O=C1OC(NCCN2C(=O)CSC2=O)c2ccccc21. The number of benzene rings is 1. The number of nitrogens with one attached hydrogen (secondary N) is 1. The van der Waals surface area contributed by atoms with Gasteiger partial charge in [0.15, 0.2) is 6.23 Å². The maximum absolute atomic E-state index is 11.6. The predicted octanol–water partition coefficient (Wildman–Crippen LogP) is 1.14. The zero-order valence-electron chi connectivity index (χ0n) is 10.5. The second-order valence-corrected chi connectivity index (χ2v) is 5.35. The summed E-state index contributed by atoms with van der Waals surface area (Å²) in [6, 6.07) is 7.14. The fourth-order valence-electron chi connectivity index (χ4n) is 2.20. The number of ether oxygens (including phenoxy) is 1. The summed E-state index contributed by atoms with van der Waals surface area (Å²) in [7, 11) is 0. The molecule has 3 rings (SSSR count). The molecular formula is C13H12N2O4S. The van der Waals surface area contributed by atoms with Gasteiger partial charge in [0.05, 0.1) is 11.3 Å². The first kappa shape index (κ1) is 13.1. The average molecular weight is 292 g/mol. The third-order valence-electron chi connectivity index (χ3n) is 3.19. The van der Waals surface area contributed by atoms with E-state index in [-0.39, 0.29) is 29.4 Å². The highest BCUT2D eigenvalue weighted by molar-refractivity contribution is 8.14. The summed E-state index contributed by atoms with van der Waals surface area (Å²) in [5.74, 6) is -0.326. The standard InChI is InChI=1S/C13H12N2O4S/c16-10-7-20-13(18)15(10)6-5-14-11-8-3-1-2-4-9(8)12(17)19-11/h1-4,11,14H,5-7H2. The summed E-state index contributed by atoms with van der Waals surface area (Å²) in [4.78, 5) is 35.7. The van der Waals surface area contributed by atoms with Gasteiger partial charge < -0.3 is 4.74 Å². The summed E-state index contributed by atoms with van der Waals surface area (Å²) < 4.78 is 5.21. The molecule has 0 bridgehead atoms. The molecule has 1 aromatic rings. The van der Waals surface area contributed by atoms with Crippen LogP contribution in [-0.2, 0) is 9.53 Å². The summed E-state index contributed by atoms with van der Waals surface area (Å²) in [5.41, 5.74) is 1.33. The van der Waals surface area contributed by atoms with Crippen LogP contribution >= 0.6 is 11.8 Å². The van der Waals surface area contributed by atoms with E-state index in [1.807, 2.05) is 12.1 Å². The minimum absolute atomic E-state index is 0.175. The Morgan fingerprint density at radius 1 is 1.30 bits per heavy atom. The lowest BCUT2D eigenvalue weighted by atomic mass is 10.1. The third kappa shape index (κ3) is 2.30. The molecule has 2 aliphatic heterocycles. The number of amides is 2. The van der Waals surface area contributed by atoms with Gasteiger partial charge in [0.1, 0.15) is 0 Å². The quantitative estimate of drug-likeness (QED) is 0.839. The van der Waals surface area contributed by atoms with Crippen LogP contribution in [0.5, 0.6) is 0 Å². The van der Waals surface area contributed by atoms with E-state index in [9.17, 15) is 14.4 Å². The second-order valence-electron chi connectivity index (χ2n) is 4.43. The number of cyclic esters (lactones) is 1. The van der Waals surface area contributed by atoms with Gasteiger partial charge in [-0.3, -0.25) is 19.8 Å². The van der Waals surface area contributed by atoms with E-state index in [1.165, 1.54) is 4.90 Å². The highest BCUT2D eigenvalue weighted by atomic mass is 32.2. The van der Waals surface area contributed by atoms with Gasteiger partial charge in [0, 0.05) is 18.7 Å². The fourth-order valence-corrected chi connectivity index (χ4v) is 2.95. The molecule has 0 radical (unpaired) electrons. The molecule has 20 heavy (non-hydrogen) atoms. The molecule has 1 N–H and O–H groups in total. The van der Waals surface area contributed by atoms with Crippen molar-refractivity contribution in [1.82, 2.24) is 10.2 Å². The Balaban J connectivity index is 1.59. The van der Waals surface area contributed by atoms with Gasteiger partial charge in [-0.25, -0.2) is 4.79 Å². The molecule has 0 aromatic heterocycles. The molecule has 0 aliphatic carbocycles. The maximum atomic E-state index is 11.6. The molecule has 1 saturated heterocycles. The van der Waals surface area contributed by atoms with Crippen molar-refractivity contribution in [3.05, 3.63) is 35.4 Å². The van der Waals surface area contributed by atoms with E-state index in [1.54, 1.807) is 12.1 Å². The molecule has 2 heterocycles. The number of hydrogen-bond acceptors (Lipinski definition) is 6. The van der Waals surface area contributed by atoms with Crippen LogP contribution < -0.4 is 5.32 Å². The second kappa shape index (κ2) is 5.26. The van der Waals surface area contributed by atoms with Gasteiger partial charge in [-0.05, 0) is 6.07 Å². The smallest absolute Gasteiger partial charge is 0.340 e. The molecule has 1 unspecified atom stereocenters. The molecule has 1 atom stereocenters. The van der Waals surface area contributed by atoms with Crippen molar-refractivity contribution in [2.24, 2.45) is 0 Å². The zero-order valence-corrected chi connectivity index (χ0v) is 11.3. The van der Waals surface area contributed by atoms with Crippen LogP contribution in [0, 0.1) is 0 Å². The Morgan fingerprint density at radius 2 is 2.10 bits per heavy atom. The number of nitrogens with zero attached hydrogens (tertiary/aromatic N) is 1. The summed E-state index contributed by atoms with van der Waals surface area (Å²) in [6.45, 7) is 0.658. The lowest BCUT2D eigenvalue weighted by Crippen LogP contribution is -2.36. The molecule has 2 amide bonds. The number of carbonyl (C=O) groups excluding carboxylic acids is 3. The molecule has 6 nitrogen and oxygen atoms in total. The lowest BCUT2D eigenvalue weighted by molar-refractivity contribution is -0.124. The molecule has 7 heteroatoms. The van der Waals surface area contributed by atoms with Gasteiger partial charge in [0.25, 0.3) is 5.24 Å². The Bertz CT molecular complexity index is 573. The van der Waals surface area contributed by atoms with E-state index in [0.717, 1.165) is 17.3 Å². The molecule has 104 valence electrons. The van der Waals surface area contributed by atoms with Crippen molar-refractivity contribution in [2.45, 2.75) is 6.23 Å². The van der Waals surface area contributed by atoms with E-state index >= 15 is 0 Å². The normalized spacial score (nSPS) is 21.3. The van der Waals surface area contributed by atoms with Crippen LogP contribution in [0.1, 0.15) is 22.1 Å². The summed E-state index contributed by atoms with van der Waals surface area (Å²) >= 11 is 1.01. The minimum Gasteiger partial charge on any atom is -0.439 e. The summed E-state index contributed by atoms with van der Waals surface area (Å²) in [6.07, 6.45) is -0.515.